The summed E-state index contributed by atoms with van der Waals surface area (Å²) in [5, 5.41) is 2.68. The van der Waals surface area contributed by atoms with Crippen LogP contribution in [0, 0.1) is 0 Å². The standard InChI is InChI=1S/C14H18N2O4S/c1-10(17)11-5-3-6-12(9-11)15-14(18)13-7-4-8-16(13)21(2,19)20/h3,5-6,9,13H,4,7-8H2,1-2H3,(H,15,18)/t13-/m0/s1. The summed E-state index contributed by atoms with van der Waals surface area (Å²) in [5.41, 5.74) is 0.993. The van der Waals surface area contributed by atoms with Crippen LogP contribution in [0.25, 0.3) is 0 Å². The lowest BCUT2D eigenvalue weighted by Gasteiger charge is -2.21. The Bertz CT molecular complexity index is 669. The number of hydrogen-bond acceptors (Lipinski definition) is 4. The van der Waals surface area contributed by atoms with Gasteiger partial charge < -0.3 is 5.32 Å². The molecule has 1 aliphatic heterocycles. The van der Waals surface area contributed by atoms with Crippen LogP contribution in [0.2, 0.25) is 0 Å². The molecule has 1 aromatic carbocycles. The van der Waals surface area contributed by atoms with Gasteiger partial charge in [0.25, 0.3) is 0 Å². The first-order chi connectivity index (χ1) is 9.79. The van der Waals surface area contributed by atoms with Gasteiger partial charge >= 0.3 is 0 Å². The number of hydrogen-bond donors (Lipinski definition) is 1. The Morgan fingerprint density at radius 3 is 2.67 bits per heavy atom. The van der Waals surface area contributed by atoms with Gasteiger partial charge in [0.1, 0.15) is 6.04 Å². The number of amides is 1. The lowest BCUT2D eigenvalue weighted by Crippen LogP contribution is -2.42. The number of ketones is 1. The molecule has 0 aromatic heterocycles. The first kappa shape index (κ1) is 15.7. The molecule has 0 unspecified atom stereocenters. The number of carbonyl (C=O) groups excluding carboxylic acids is 2. The van der Waals surface area contributed by atoms with Crippen molar-refractivity contribution in [2.24, 2.45) is 0 Å². The fourth-order valence-corrected chi connectivity index (χ4v) is 3.56. The van der Waals surface area contributed by atoms with Crippen LogP contribution >= 0.6 is 0 Å². The number of Topliss-reactive ketones (excluding diaryl/α,β-unsaturated/α-hetero) is 1. The third-order valence-electron chi connectivity index (χ3n) is 3.47. The normalized spacial score (nSPS) is 19.4. The first-order valence-corrected chi connectivity index (χ1v) is 8.52. The third-order valence-corrected chi connectivity index (χ3v) is 4.76. The van der Waals surface area contributed by atoms with E-state index in [9.17, 15) is 18.0 Å². The van der Waals surface area contributed by atoms with Crippen LogP contribution in [0.3, 0.4) is 0 Å². The topological polar surface area (TPSA) is 83.6 Å². The zero-order valence-electron chi connectivity index (χ0n) is 12.0. The van der Waals surface area contributed by atoms with E-state index in [1.165, 1.54) is 11.2 Å². The fraction of sp³-hybridized carbons (Fsp3) is 0.429. The minimum absolute atomic E-state index is 0.0928. The van der Waals surface area contributed by atoms with Gasteiger partial charge in [-0.1, -0.05) is 12.1 Å². The quantitative estimate of drug-likeness (QED) is 0.848. The zero-order chi connectivity index (χ0) is 15.6. The maximum absolute atomic E-state index is 12.3. The van der Waals surface area contributed by atoms with Gasteiger partial charge in [-0.05, 0) is 31.9 Å². The summed E-state index contributed by atoms with van der Waals surface area (Å²) in [7, 11) is -3.39. The van der Waals surface area contributed by atoms with Crippen LogP contribution in [0.15, 0.2) is 24.3 Å². The second-order valence-corrected chi connectivity index (χ2v) is 7.09. The van der Waals surface area contributed by atoms with Crippen LogP contribution in [0.5, 0.6) is 0 Å². The highest BCUT2D eigenvalue weighted by atomic mass is 32.2. The number of rotatable bonds is 4. The van der Waals surface area contributed by atoms with Gasteiger partial charge in [0.2, 0.25) is 15.9 Å². The monoisotopic (exact) mass is 310 g/mol. The summed E-state index contributed by atoms with van der Waals surface area (Å²) in [6.45, 7) is 1.81. The largest absolute Gasteiger partial charge is 0.325 e. The average Bonchev–Trinajstić information content (AvgIpc) is 2.88. The van der Waals surface area contributed by atoms with Crippen molar-refractivity contribution in [2.75, 3.05) is 18.1 Å². The SMILES string of the molecule is CC(=O)c1cccc(NC(=O)[C@@H]2CCCN2S(C)(=O)=O)c1. The van der Waals surface area contributed by atoms with Crippen molar-refractivity contribution in [1.82, 2.24) is 4.31 Å². The smallest absolute Gasteiger partial charge is 0.242 e. The Morgan fingerprint density at radius 2 is 2.05 bits per heavy atom. The van der Waals surface area contributed by atoms with E-state index >= 15 is 0 Å². The summed E-state index contributed by atoms with van der Waals surface area (Å²) in [5.74, 6) is -0.455. The van der Waals surface area contributed by atoms with Gasteiger partial charge in [-0.3, -0.25) is 9.59 Å². The number of nitrogens with one attached hydrogen (secondary N) is 1. The molecule has 1 heterocycles. The molecule has 1 fully saturated rings. The minimum Gasteiger partial charge on any atom is -0.325 e. The zero-order valence-corrected chi connectivity index (χ0v) is 12.8. The highest BCUT2D eigenvalue weighted by molar-refractivity contribution is 7.88. The predicted molar refractivity (Wildman–Crippen MR) is 79.6 cm³/mol. The molecule has 0 saturated carbocycles. The molecule has 0 aliphatic carbocycles. The van der Waals surface area contributed by atoms with Crippen LogP contribution in [-0.4, -0.2) is 43.3 Å². The molecule has 1 aromatic rings. The van der Waals surface area contributed by atoms with Gasteiger partial charge in [-0.2, -0.15) is 4.31 Å². The van der Waals surface area contributed by atoms with Crippen molar-refractivity contribution < 1.29 is 18.0 Å². The molecule has 1 amide bonds. The van der Waals surface area contributed by atoms with E-state index in [4.69, 9.17) is 0 Å². The molecule has 2 rings (SSSR count). The predicted octanol–water partition coefficient (Wildman–Crippen LogP) is 1.25. The van der Waals surface area contributed by atoms with E-state index < -0.39 is 16.1 Å². The maximum Gasteiger partial charge on any atom is 0.242 e. The van der Waals surface area contributed by atoms with Gasteiger partial charge in [-0.25, -0.2) is 8.42 Å². The van der Waals surface area contributed by atoms with E-state index in [2.05, 4.69) is 5.32 Å². The minimum atomic E-state index is -3.39. The van der Waals surface area contributed by atoms with E-state index in [0.29, 0.717) is 30.6 Å². The Balaban J connectivity index is 2.14. The molecule has 1 atom stereocenters. The number of nitrogens with zero attached hydrogens (tertiary/aromatic N) is 1. The van der Waals surface area contributed by atoms with Crippen molar-refractivity contribution in [3.05, 3.63) is 29.8 Å². The molecule has 114 valence electrons. The number of benzene rings is 1. The van der Waals surface area contributed by atoms with Crippen LogP contribution in [-0.2, 0) is 14.8 Å². The van der Waals surface area contributed by atoms with Crippen molar-refractivity contribution in [3.63, 3.8) is 0 Å². The second-order valence-electron chi connectivity index (χ2n) is 5.16. The fourth-order valence-electron chi connectivity index (χ4n) is 2.44. The average molecular weight is 310 g/mol. The number of sulfonamides is 1. The van der Waals surface area contributed by atoms with Crippen LogP contribution < -0.4 is 5.32 Å². The van der Waals surface area contributed by atoms with Crippen LogP contribution in [0.1, 0.15) is 30.1 Å². The lowest BCUT2D eigenvalue weighted by molar-refractivity contribution is -0.119. The third kappa shape index (κ3) is 3.68. The molecule has 0 bridgehead atoms. The Kier molecular flexibility index (Phi) is 4.43. The van der Waals surface area contributed by atoms with E-state index in [1.807, 2.05) is 0 Å². The van der Waals surface area contributed by atoms with Crippen molar-refractivity contribution >= 4 is 27.4 Å². The molecule has 0 spiro atoms. The first-order valence-electron chi connectivity index (χ1n) is 6.68. The molecule has 7 heteroatoms. The van der Waals surface area contributed by atoms with Gasteiger partial charge in [0.05, 0.1) is 6.26 Å². The Morgan fingerprint density at radius 1 is 1.33 bits per heavy atom. The second kappa shape index (κ2) is 5.95. The highest BCUT2D eigenvalue weighted by Gasteiger charge is 2.36. The molecule has 1 saturated heterocycles. The summed E-state index contributed by atoms with van der Waals surface area (Å²) < 4.78 is 24.5. The van der Waals surface area contributed by atoms with Gasteiger partial charge in [0.15, 0.2) is 5.78 Å². The van der Waals surface area contributed by atoms with Crippen LogP contribution in [0.4, 0.5) is 5.69 Å². The molecule has 1 aliphatic rings. The summed E-state index contributed by atoms with van der Waals surface area (Å²) >= 11 is 0. The molecule has 0 radical (unpaired) electrons. The van der Waals surface area contributed by atoms with Crippen molar-refractivity contribution in [1.29, 1.82) is 0 Å². The van der Waals surface area contributed by atoms with Gasteiger partial charge in [0, 0.05) is 17.8 Å². The van der Waals surface area contributed by atoms with E-state index in [-0.39, 0.29) is 11.7 Å². The molecule has 21 heavy (non-hydrogen) atoms. The molecular formula is C14H18N2O4S. The molecule has 1 N–H and O–H groups in total. The maximum atomic E-state index is 12.3. The summed E-state index contributed by atoms with van der Waals surface area (Å²) in [4.78, 5) is 23.6. The van der Waals surface area contributed by atoms with Crippen molar-refractivity contribution in [3.8, 4) is 0 Å². The summed E-state index contributed by atoms with van der Waals surface area (Å²) in [6, 6.07) is 5.91. The Labute approximate surface area is 124 Å². The van der Waals surface area contributed by atoms with Gasteiger partial charge in [-0.15, -0.1) is 0 Å². The molecule has 6 nitrogen and oxygen atoms in total. The highest BCUT2D eigenvalue weighted by Crippen LogP contribution is 2.22. The van der Waals surface area contributed by atoms with Crippen molar-refractivity contribution in [2.45, 2.75) is 25.8 Å². The van der Waals surface area contributed by atoms with E-state index in [0.717, 1.165) is 6.26 Å². The molecular weight excluding hydrogens is 292 g/mol. The summed E-state index contributed by atoms with van der Waals surface area (Å²) in [6.07, 6.45) is 2.28. The Hall–Kier alpha value is -1.73. The number of carbonyl (C=O) groups is 2. The lowest BCUT2D eigenvalue weighted by atomic mass is 10.1. The number of anilines is 1. The van der Waals surface area contributed by atoms with E-state index in [1.54, 1.807) is 24.3 Å².